The van der Waals surface area contributed by atoms with E-state index in [9.17, 15) is 9.59 Å². The molecule has 0 aliphatic heterocycles. The highest BCUT2D eigenvalue weighted by Crippen LogP contribution is 2.63. The number of esters is 2. The second-order valence-electron chi connectivity index (χ2n) is 9.64. The normalized spacial score (nSPS) is 44.5. The third kappa shape index (κ3) is 2.62. The van der Waals surface area contributed by atoms with Crippen LogP contribution in [0.1, 0.15) is 52.4 Å². The van der Waals surface area contributed by atoms with Crippen LogP contribution in [0.15, 0.2) is 0 Å². The molecule has 0 aromatic heterocycles. The van der Waals surface area contributed by atoms with Crippen LogP contribution in [0.2, 0.25) is 0 Å². The fourth-order valence-electron chi connectivity index (χ4n) is 7.94. The van der Waals surface area contributed by atoms with Crippen LogP contribution in [-0.4, -0.2) is 26.2 Å². The maximum absolute atomic E-state index is 12.8. The molecule has 4 rings (SSSR count). The van der Waals surface area contributed by atoms with Gasteiger partial charge in [0.1, 0.15) is 0 Å². The van der Waals surface area contributed by atoms with Crippen LogP contribution in [0, 0.1) is 59.2 Å². The Morgan fingerprint density at radius 1 is 0.731 bits per heavy atom. The van der Waals surface area contributed by atoms with Crippen LogP contribution < -0.4 is 0 Å². The predicted octanol–water partition coefficient (Wildman–Crippen LogP) is 3.93. The zero-order chi connectivity index (χ0) is 18.6. The Balaban J connectivity index is 1.74. The zero-order valence-electron chi connectivity index (χ0n) is 16.6. The molecule has 0 spiro atoms. The quantitative estimate of drug-likeness (QED) is 0.549. The second-order valence-corrected chi connectivity index (χ2v) is 9.64. The van der Waals surface area contributed by atoms with Crippen LogP contribution in [0.4, 0.5) is 0 Å². The molecule has 4 nitrogen and oxygen atoms in total. The highest BCUT2D eigenvalue weighted by molar-refractivity contribution is 5.95. The van der Waals surface area contributed by atoms with Crippen molar-refractivity contribution >= 4 is 11.9 Å². The summed E-state index contributed by atoms with van der Waals surface area (Å²) >= 11 is 0. The van der Waals surface area contributed by atoms with Gasteiger partial charge < -0.3 is 9.47 Å². The zero-order valence-corrected chi connectivity index (χ0v) is 16.6. The van der Waals surface area contributed by atoms with Gasteiger partial charge in [-0.3, -0.25) is 9.59 Å². The minimum absolute atomic E-state index is 0.0884. The molecule has 26 heavy (non-hydrogen) atoms. The van der Waals surface area contributed by atoms with E-state index in [0.717, 1.165) is 11.8 Å². The lowest BCUT2D eigenvalue weighted by atomic mass is 9.59. The molecule has 8 atom stereocenters. The monoisotopic (exact) mass is 362 g/mol. The molecule has 0 saturated heterocycles. The van der Waals surface area contributed by atoms with Gasteiger partial charge in [-0.15, -0.1) is 0 Å². The Morgan fingerprint density at radius 2 is 1.12 bits per heavy atom. The molecule has 8 unspecified atom stereocenters. The summed E-state index contributed by atoms with van der Waals surface area (Å²) in [4.78, 5) is 25.5. The summed E-state index contributed by atoms with van der Waals surface area (Å²) in [6.45, 7) is 4.73. The van der Waals surface area contributed by atoms with Gasteiger partial charge in [0.15, 0.2) is 5.92 Å². The van der Waals surface area contributed by atoms with Gasteiger partial charge in [-0.25, -0.2) is 0 Å². The maximum Gasteiger partial charge on any atom is 0.320 e. The van der Waals surface area contributed by atoms with E-state index < -0.39 is 5.92 Å². The summed E-state index contributed by atoms with van der Waals surface area (Å²) in [5.74, 6) is 3.59. The van der Waals surface area contributed by atoms with Crippen molar-refractivity contribution in [2.24, 2.45) is 59.2 Å². The smallest absolute Gasteiger partial charge is 0.320 e. The number of fused-ring (bicyclic) bond motifs is 4. The maximum atomic E-state index is 12.8. The van der Waals surface area contributed by atoms with Gasteiger partial charge in [-0.2, -0.15) is 0 Å². The molecule has 146 valence electrons. The van der Waals surface area contributed by atoms with Gasteiger partial charge in [0.2, 0.25) is 0 Å². The molecule has 4 heteroatoms. The van der Waals surface area contributed by atoms with Crippen molar-refractivity contribution < 1.29 is 19.1 Å². The van der Waals surface area contributed by atoms with Crippen LogP contribution >= 0.6 is 0 Å². The molecule has 4 aliphatic rings. The average Bonchev–Trinajstić information content (AvgIpc) is 3.40. The molecule has 4 saturated carbocycles. The van der Waals surface area contributed by atoms with Gasteiger partial charge in [0, 0.05) is 0 Å². The van der Waals surface area contributed by atoms with E-state index in [-0.39, 0.29) is 17.9 Å². The lowest BCUT2D eigenvalue weighted by Gasteiger charge is -2.45. The van der Waals surface area contributed by atoms with E-state index in [4.69, 9.17) is 9.47 Å². The first-order valence-electron chi connectivity index (χ1n) is 10.6. The molecule has 4 fully saturated rings. The summed E-state index contributed by atoms with van der Waals surface area (Å²) < 4.78 is 10.3. The number of hydrogen-bond acceptors (Lipinski definition) is 4. The van der Waals surface area contributed by atoms with Crippen molar-refractivity contribution in [2.45, 2.75) is 52.4 Å². The Hall–Kier alpha value is -1.06. The van der Waals surface area contributed by atoms with Gasteiger partial charge >= 0.3 is 11.9 Å². The molecule has 0 amide bonds. The van der Waals surface area contributed by atoms with Crippen molar-refractivity contribution in [3.05, 3.63) is 0 Å². The topological polar surface area (TPSA) is 52.6 Å². The van der Waals surface area contributed by atoms with Crippen molar-refractivity contribution in [2.75, 3.05) is 14.2 Å². The Morgan fingerprint density at radius 3 is 1.42 bits per heavy atom. The fraction of sp³-hybridized carbons (Fsp3) is 0.909. The number of carbonyl (C=O) groups is 2. The highest BCUT2D eigenvalue weighted by Gasteiger charge is 2.59. The predicted molar refractivity (Wildman–Crippen MR) is 98.0 cm³/mol. The van der Waals surface area contributed by atoms with Gasteiger partial charge in [0.25, 0.3) is 0 Å². The molecular formula is C22H34O4. The molecule has 4 aliphatic carbocycles. The van der Waals surface area contributed by atoms with Crippen LogP contribution in [0.3, 0.4) is 0 Å². The lowest BCUT2D eigenvalue weighted by Crippen LogP contribution is -2.47. The van der Waals surface area contributed by atoms with Crippen LogP contribution in [0.25, 0.3) is 0 Å². The number of ether oxygens (including phenoxy) is 2. The van der Waals surface area contributed by atoms with Crippen LogP contribution in [0.5, 0.6) is 0 Å². The van der Waals surface area contributed by atoms with Crippen molar-refractivity contribution in [3.63, 3.8) is 0 Å². The molecule has 0 aromatic rings. The Labute approximate surface area is 157 Å². The number of methoxy groups -OCH3 is 2. The average molecular weight is 363 g/mol. The molecule has 0 radical (unpaired) electrons. The molecule has 0 aromatic carbocycles. The first kappa shape index (κ1) is 18.3. The standard InChI is InChI=1S/C22H34O4/c1-11-13-5-7-15(9-13)17(11)19(20(21(23)25-3)22(24)26-4)18-12(2)14-6-8-16(18)10-14/h11-20H,5-10H2,1-4H3. The van der Waals surface area contributed by atoms with Crippen molar-refractivity contribution in [3.8, 4) is 0 Å². The van der Waals surface area contributed by atoms with Crippen molar-refractivity contribution in [1.29, 1.82) is 0 Å². The van der Waals surface area contributed by atoms with Gasteiger partial charge in [-0.1, -0.05) is 13.8 Å². The second kappa shape index (κ2) is 6.83. The van der Waals surface area contributed by atoms with Crippen molar-refractivity contribution in [1.82, 2.24) is 0 Å². The van der Waals surface area contributed by atoms with E-state index in [1.807, 2.05) is 0 Å². The molecular weight excluding hydrogens is 328 g/mol. The minimum Gasteiger partial charge on any atom is -0.468 e. The molecule has 0 N–H and O–H groups in total. The van der Waals surface area contributed by atoms with E-state index >= 15 is 0 Å². The van der Waals surface area contributed by atoms with E-state index in [2.05, 4.69) is 13.8 Å². The number of carbonyl (C=O) groups excluding carboxylic acids is 2. The minimum atomic E-state index is -0.747. The largest absolute Gasteiger partial charge is 0.468 e. The first-order valence-corrected chi connectivity index (χ1v) is 10.6. The fourth-order valence-corrected chi connectivity index (χ4v) is 7.94. The Kier molecular flexibility index (Phi) is 4.81. The van der Waals surface area contributed by atoms with Gasteiger partial charge in [0.05, 0.1) is 14.2 Å². The number of hydrogen-bond donors (Lipinski definition) is 0. The summed E-state index contributed by atoms with van der Waals surface area (Å²) in [6, 6.07) is 0. The van der Waals surface area contributed by atoms with E-state index in [1.165, 1.54) is 52.7 Å². The SMILES string of the molecule is COC(=O)C(C(=O)OC)C(C1C2CCC(C2)C1C)C1C2CCC(C2)C1C. The van der Waals surface area contributed by atoms with E-state index in [1.54, 1.807) is 0 Å². The summed E-state index contributed by atoms with van der Waals surface area (Å²) in [5, 5.41) is 0. The third-order valence-electron chi connectivity index (χ3n) is 9.00. The molecule has 0 heterocycles. The third-order valence-corrected chi connectivity index (χ3v) is 9.00. The summed E-state index contributed by atoms with van der Waals surface area (Å²) in [7, 11) is 2.81. The Bertz CT molecular complexity index is 520. The summed E-state index contributed by atoms with van der Waals surface area (Å²) in [6.07, 6.45) is 7.74. The van der Waals surface area contributed by atoms with E-state index in [0.29, 0.717) is 35.5 Å². The molecule has 4 bridgehead atoms. The highest BCUT2D eigenvalue weighted by atomic mass is 16.5. The summed E-state index contributed by atoms with van der Waals surface area (Å²) in [5.41, 5.74) is 0. The first-order chi connectivity index (χ1) is 12.5. The van der Waals surface area contributed by atoms with Crippen LogP contribution in [-0.2, 0) is 19.1 Å². The lowest BCUT2D eigenvalue weighted by molar-refractivity contribution is -0.166. The van der Waals surface area contributed by atoms with Gasteiger partial charge in [-0.05, 0) is 91.8 Å². The number of rotatable bonds is 5.